The molecule has 1 unspecified atom stereocenters. The third kappa shape index (κ3) is 5.41. The fraction of sp³-hybridized carbons (Fsp3) is 0.550. The van der Waals surface area contributed by atoms with Crippen molar-refractivity contribution >= 4 is 15.9 Å². The molecule has 0 aromatic heterocycles. The Morgan fingerprint density at radius 2 is 1.93 bits per heavy atom. The fourth-order valence-corrected chi connectivity index (χ4v) is 5.63. The number of nitrogens with zero attached hydrogens (tertiary/aromatic N) is 2. The quantitative estimate of drug-likeness (QED) is 0.652. The van der Waals surface area contributed by atoms with Gasteiger partial charge in [0.25, 0.3) is 0 Å². The highest BCUT2D eigenvalue weighted by molar-refractivity contribution is 7.89. The maximum Gasteiger partial charge on any atom is 0.416 e. The second-order valence-corrected chi connectivity index (χ2v) is 9.48. The molecule has 2 rings (SSSR count). The van der Waals surface area contributed by atoms with Crippen LogP contribution in [0.25, 0.3) is 0 Å². The number of carbonyl (C=O) groups excluding carboxylic acids is 1. The van der Waals surface area contributed by atoms with E-state index in [0.717, 1.165) is 12.1 Å². The summed E-state index contributed by atoms with van der Waals surface area (Å²) in [5.74, 6) is -0.217. The van der Waals surface area contributed by atoms with Gasteiger partial charge in [0.05, 0.1) is 16.5 Å². The van der Waals surface area contributed by atoms with E-state index in [1.54, 1.807) is 24.8 Å². The monoisotopic (exact) mass is 447 g/mol. The van der Waals surface area contributed by atoms with E-state index < -0.39 is 44.8 Å². The van der Waals surface area contributed by atoms with Crippen LogP contribution in [-0.2, 0) is 21.0 Å². The van der Waals surface area contributed by atoms with Gasteiger partial charge in [-0.15, -0.1) is 6.58 Å². The molecular formula is C20H28F3N3O3S. The number of benzene rings is 1. The normalized spacial score (nSPS) is 17.4. The summed E-state index contributed by atoms with van der Waals surface area (Å²) in [6.45, 7) is 7.59. The van der Waals surface area contributed by atoms with Crippen LogP contribution in [0.15, 0.2) is 41.8 Å². The molecule has 1 heterocycles. The SMILES string of the molecule is C=CCC(N)C(=O)N1CCC(N(C(C)C)S(=O)(=O)c2cccc(C(F)(F)F)c2)CC1. The van der Waals surface area contributed by atoms with Gasteiger partial charge in [0.1, 0.15) is 0 Å². The molecule has 1 amide bonds. The van der Waals surface area contributed by atoms with Crippen molar-refractivity contribution in [2.75, 3.05) is 13.1 Å². The molecule has 1 atom stereocenters. The maximum atomic E-state index is 13.2. The van der Waals surface area contributed by atoms with Crippen LogP contribution < -0.4 is 5.73 Å². The summed E-state index contributed by atoms with van der Waals surface area (Å²) in [6, 6.07) is 2.20. The predicted molar refractivity (Wildman–Crippen MR) is 108 cm³/mol. The van der Waals surface area contributed by atoms with Gasteiger partial charge in [0.2, 0.25) is 15.9 Å². The number of carbonyl (C=O) groups is 1. The fourth-order valence-electron chi connectivity index (χ4n) is 3.71. The number of nitrogens with two attached hydrogens (primary N) is 1. The van der Waals surface area contributed by atoms with Gasteiger partial charge in [-0.3, -0.25) is 4.79 Å². The molecule has 1 aliphatic rings. The van der Waals surface area contributed by atoms with Crippen LogP contribution in [0, 0.1) is 0 Å². The molecule has 0 aliphatic carbocycles. The average Bonchev–Trinajstić information content (AvgIpc) is 2.67. The number of sulfonamides is 1. The number of alkyl halides is 3. The predicted octanol–water partition coefficient (Wildman–Crippen LogP) is 3.00. The molecular weight excluding hydrogens is 419 g/mol. The number of amides is 1. The lowest BCUT2D eigenvalue weighted by molar-refractivity contribution is -0.137. The van der Waals surface area contributed by atoms with Crippen LogP contribution in [0.5, 0.6) is 0 Å². The minimum Gasteiger partial charge on any atom is -0.341 e. The molecule has 6 nitrogen and oxygen atoms in total. The summed E-state index contributed by atoms with van der Waals surface area (Å²) in [7, 11) is -4.15. The summed E-state index contributed by atoms with van der Waals surface area (Å²) in [4.78, 5) is 13.6. The third-order valence-electron chi connectivity index (χ3n) is 5.12. The highest BCUT2D eigenvalue weighted by atomic mass is 32.2. The maximum absolute atomic E-state index is 13.2. The van der Waals surface area contributed by atoms with E-state index in [1.165, 1.54) is 10.4 Å². The number of hydrogen-bond donors (Lipinski definition) is 1. The van der Waals surface area contributed by atoms with Crippen molar-refractivity contribution in [3.05, 3.63) is 42.5 Å². The van der Waals surface area contributed by atoms with Crippen molar-refractivity contribution in [2.45, 2.75) is 62.3 Å². The minimum absolute atomic E-state index is 0.217. The van der Waals surface area contributed by atoms with Gasteiger partial charge in [-0.1, -0.05) is 12.1 Å². The summed E-state index contributed by atoms with van der Waals surface area (Å²) in [5, 5.41) is 0. The van der Waals surface area contributed by atoms with Gasteiger partial charge in [-0.05, 0) is 51.3 Å². The van der Waals surface area contributed by atoms with Crippen molar-refractivity contribution in [3.8, 4) is 0 Å². The van der Waals surface area contributed by atoms with Gasteiger partial charge in [-0.2, -0.15) is 17.5 Å². The topological polar surface area (TPSA) is 83.7 Å². The van der Waals surface area contributed by atoms with Gasteiger partial charge in [0.15, 0.2) is 0 Å². The Hall–Kier alpha value is -1.91. The first-order valence-corrected chi connectivity index (χ1v) is 11.2. The molecule has 0 saturated carbocycles. The van der Waals surface area contributed by atoms with Crippen molar-refractivity contribution in [1.82, 2.24) is 9.21 Å². The molecule has 1 aromatic rings. The Balaban J connectivity index is 2.23. The molecule has 2 N–H and O–H groups in total. The first kappa shape index (κ1) is 24.4. The van der Waals surface area contributed by atoms with E-state index in [9.17, 15) is 26.4 Å². The third-order valence-corrected chi connectivity index (χ3v) is 7.24. The van der Waals surface area contributed by atoms with Crippen molar-refractivity contribution in [1.29, 1.82) is 0 Å². The zero-order valence-corrected chi connectivity index (χ0v) is 17.9. The largest absolute Gasteiger partial charge is 0.416 e. The van der Waals surface area contributed by atoms with Gasteiger partial charge in [0, 0.05) is 25.2 Å². The summed E-state index contributed by atoms with van der Waals surface area (Å²) < 4.78 is 66.8. The highest BCUT2D eigenvalue weighted by Gasteiger charge is 2.38. The zero-order chi connectivity index (χ0) is 22.7. The van der Waals surface area contributed by atoms with E-state index in [1.807, 2.05) is 0 Å². The molecule has 10 heteroatoms. The highest BCUT2D eigenvalue weighted by Crippen LogP contribution is 2.33. The summed E-state index contributed by atoms with van der Waals surface area (Å²) >= 11 is 0. The van der Waals surface area contributed by atoms with E-state index in [-0.39, 0.29) is 5.91 Å². The standard InChI is InChI=1S/C20H28F3N3O3S/c1-4-6-18(24)19(27)25-11-9-16(10-12-25)26(14(2)3)30(28,29)17-8-5-7-15(13-17)20(21,22)23/h4-5,7-8,13-14,16,18H,1,6,9-12,24H2,2-3H3. The zero-order valence-electron chi connectivity index (χ0n) is 17.1. The van der Waals surface area contributed by atoms with E-state index in [0.29, 0.717) is 38.4 Å². The van der Waals surface area contributed by atoms with Crippen LogP contribution in [-0.4, -0.2) is 54.7 Å². The molecule has 0 radical (unpaired) electrons. The Labute approximate surface area is 175 Å². The smallest absolute Gasteiger partial charge is 0.341 e. The van der Waals surface area contributed by atoms with Crippen LogP contribution in [0.2, 0.25) is 0 Å². The molecule has 168 valence electrons. The lowest BCUT2D eigenvalue weighted by atomic mass is 10.0. The van der Waals surface area contributed by atoms with Gasteiger partial charge < -0.3 is 10.6 Å². The lowest BCUT2D eigenvalue weighted by Gasteiger charge is -2.40. The van der Waals surface area contributed by atoms with Crippen LogP contribution in [0.3, 0.4) is 0 Å². The molecule has 0 bridgehead atoms. The first-order chi connectivity index (χ1) is 13.9. The van der Waals surface area contributed by atoms with Crippen LogP contribution in [0.1, 0.15) is 38.7 Å². The van der Waals surface area contributed by atoms with Gasteiger partial charge >= 0.3 is 6.18 Å². The first-order valence-electron chi connectivity index (χ1n) is 9.75. The second-order valence-electron chi connectivity index (χ2n) is 7.64. The Morgan fingerprint density at radius 1 is 1.33 bits per heavy atom. The number of rotatable bonds is 7. The minimum atomic E-state index is -4.63. The molecule has 1 fully saturated rings. The molecule has 0 spiro atoms. The molecule has 1 aromatic carbocycles. The van der Waals surface area contributed by atoms with Crippen LogP contribution in [0.4, 0.5) is 13.2 Å². The summed E-state index contributed by atoms with van der Waals surface area (Å²) in [6.07, 6.45) is -1.96. The van der Waals surface area contributed by atoms with E-state index >= 15 is 0 Å². The van der Waals surface area contributed by atoms with E-state index in [2.05, 4.69) is 6.58 Å². The molecule has 1 saturated heterocycles. The Bertz CT molecular complexity index is 864. The molecule has 30 heavy (non-hydrogen) atoms. The number of halogens is 3. The number of hydrogen-bond acceptors (Lipinski definition) is 4. The van der Waals surface area contributed by atoms with E-state index in [4.69, 9.17) is 5.73 Å². The summed E-state index contributed by atoms with van der Waals surface area (Å²) in [5.41, 5.74) is 4.82. The van der Waals surface area contributed by atoms with Gasteiger partial charge in [-0.25, -0.2) is 8.42 Å². The second kappa shape index (κ2) is 9.49. The van der Waals surface area contributed by atoms with Crippen LogP contribution >= 0.6 is 0 Å². The number of piperidine rings is 1. The number of likely N-dealkylation sites (tertiary alicyclic amines) is 1. The Kier molecular flexibility index (Phi) is 7.70. The Morgan fingerprint density at radius 3 is 2.43 bits per heavy atom. The lowest BCUT2D eigenvalue weighted by Crippen LogP contribution is -2.53. The van der Waals surface area contributed by atoms with Crippen molar-refractivity contribution in [2.24, 2.45) is 5.73 Å². The van der Waals surface area contributed by atoms with Crippen molar-refractivity contribution < 1.29 is 26.4 Å². The van der Waals surface area contributed by atoms with Crippen molar-refractivity contribution in [3.63, 3.8) is 0 Å². The molecule has 1 aliphatic heterocycles. The average molecular weight is 448 g/mol.